The zero-order chi connectivity index (χ0) is 15.3. The minimum absolute atomic E-state index is 0.268. The first-order valence-electron chi connectivity index (χ1n) is 9.29. The van der Waals surface area contributed by atoms with Gasteiger partial charge in [-0.1, -0.05) is 40.5 Å². The predicted octanol–water partition coefficient (Wildman–Crippen LogP) is 4.51. The summed E-state index contributed by atoms with van der Waals surface area (Å²) in [6, 6.07) is 0.268. The van der Waals surface area contributed by atoms with Crippen molar-refractivity contribution in [2.24, 2.45) is 28.4 Å². The van der Waals surface area contributed by atoms with Gasteiger partial charge in [0.05, 0.1) is 12.2 Å². The highest BCUT2D eigenvalue weighted by Gasteiger charge is 2.62. The molecule has 2 heteroatoms. The third kappa shape index (κ3) is 2.47. The van der Waals surface area contributed by atoms with Crippen LogP contribution in [0.5, 0.6) is 0 Å². The molecular weight excluding hydrogens is 258 g/mol. The van der Waals surface area contributed by atoms with E-state index >= 15 is 0 Å². The van der Waals surface area contributed by atoms with Crippen LogP contribution in [0, 0.1) is 22.7 Å². The maximum atomic E-state index is 6.69. The first-order valence-corrected chi connectivity index (χ1v) is 9.29. The molecule has 3 aliphatic rings. The largest absolute Gasteiger partial charge is 0.373 e. The van der Waals surface area contributed by atoms with Crippen LogP contribution in [0.15, 0.2) is 0 Å². The standard InChI is InChI=1S/C19H35NO/c1-5-6-13-7-8-15(20)16(11-13)21-17-12-14-9-10-19(17,4)18(14,2)3/h13-17H,5-12,20H2,1-4H3. The average molecular weight is 293 g/mol. The number of hydrogen-bond donors (Lipinski definition) is 1. The Balaban J connectivity index is 1.66. The first kappa shape index (κ1) is 15.8. The quantitative estimate of drug-likeness (QED) is 0.827. The van der Waals surface area contributed by atoms with Gasteiger partial charge in [-0.2, -0.15) is 0 Å². The smallest absolute Gasteiger partial charge is 0.0732 e. The van der Waals surface area contributed by atoms with Crippen LogP contribution in [0.4, 0.5) is 0 Å². The van der Waals surface area contributed by atoms with Gasteiger partial charge in [-0.05, 0) is 61.2 Å². The number of hydrogen-bond acceptors (Lipinski definition) is 2. The van der Waals surface area contributed by atoms with E-state index in [0.717, 1.165) is 18.3 Å². The lowest BCUT2D eigenvalue weighted by Gasteiger charge is -2.43. The maximum absolute atomic E-state index is 6.69. The van der Waals surface area contributed by atoms with E-state index in [-0.39, 0.29) is 6.04 Å². The highest BCUT2D eigenvalue weighted by atomic mass is 16.5. The lowest BCUT2D eigenvalue weighted by molar-refractivity contribution is -0.109. The molecule has 3 aliphatic carbocycles. The lowest BCUT2D eigenvalue weighted by atomic mass is 9.70. The van der Waals surface area contributed by atoms with Gasteiger partial charge < -0.3 is 10.5 Å². The summed E-state index contributed by atoms with van der Waals surface area (Å²) in [7, 11) is 0. The molecule has 0 radical (unpaired) electrons. The minimum Gasteiger partial charge on any atom is -0.373 e. The van der Waals surface area contributed by atoms with E-state index in [2.05, 4.69) is 27.7 Å². The summed E-state index contributed by atoms with van der Waals surface area (Å²) < 4.78 is 6.69. The van der Waals surface area contributed by atoms with Gasteiger partial charge in [-0.15, -0.1) is 0 Å². The van der Waals surface area contributed by atoms with E-state index in [9.17, 15) is 0 Å². The Labute approximate surface area is 131 Å². The van der Waals surface area contributed by atoms with Crippen molar-refractivity contribution < 1.29 is 4.74 Å². The van der Waals surface area contributed by atoms with Crippen LogP contribution >= 0.6 is 0 Å². The van der Waals surface area contributed by atoms with Crippen molar-refractivity contribution in [3.63, 3.8) is 0 Å². The molecule has 2 N–H and O–H groups in total. The van der Waals surface area contributed by atoms with Crippen LogP contribution < -0.4 is 5.73 Å². The van der Waals surface area contributed by atoms with Crippen LogP contribution in [-0.4, -0.2) is 18.2 Å². The number of rotatable bonds is 4. The maximum Gasteiger partial charge on any atom is 0.0732 e. The third-order valence-corrected chi connectivity index (χ3v) is 7.70. The third-order valence-electron chi connectivity index (χ3n) is 7.70. The van der Waals surface area contributed by atoms with Crippen molar-refractivity contribution >= 4 is 0 Å². The number of ether oxygens (including phenoxy) is 1. The summed E-state index contributed by atoms with van der Waals surface area (Å²) in [5.41, 5.74) is 7.21. The molecule has 0 heterocycles. The molecule has 3 saturated carbocycles. The van der Waals surface area contributed by atoms with Crippen LogP contribution in [-0.2, 0) is 4.74 Å². The summed E-state index contributed by atoms with van der Waals surface area (Å²) in [6.45, 7) is 9.70. The van der Waals surface area contributed by atoms with Gasteiger partial charge in [0.15, 0.2) is 0 Å². The summed E-state index contributed by atoms with van der Waals surface area (Å²) in [6.07, 6.45) is 11.1. The van der Waals surface area contributed by atoms with E-state index in [4.69, 9.17) is 10.5 Å². The van der Waals surface area contributed by atoms with E-state index in [1.165, 1.54) is 44.9 Å². The lowest BCUT2D eigenvalue weighted by Crippen LogP contribution is -2.47. The Kier molecular flexibility index (Phi) is 4.16. The molecule has 2 bridgehead atoms. The Morgan fingerprint density at radius 3 is 2.43 bits per heavy atom. The first-order chi connectivity index (χ1) is 9.88. The molecule has 0 aromatic heterocycles. The van der Waals surface area contributed by atoms with E-state index in [1.54, 1.807) is 0 Å². The second-order valence-electron chi connectivity index (χ2n) is 8.91. The van der Waals surface area contributed by atoms with Gasteiger partial charge in [-0.3, -0.25) is 0 Å². The fourth-order valence-corrected chi connectivity index (χ4v) is 5.61. The topological polar surface area (TPSA) is 35.2 Å². The van der Waals surface area contributed by atoms with Crippen LogP contribution in [0.1, 0.15) is 79.1 Å². The van der Waals surface area contributed by atoms with Gasteiger partial charge in [0, 0.05) is 6.04 Å². The molecule has 0 spiro atoms. The normalized spacial score (nSPS) is 48.7. The van der Waals surface area contributed by atoms with Crippen molar-refractivity contribution in [2.45, 2.75) is 97.3 Å². The molecule has 122 valence electrons. The molecule has 0 amide bonds. The Morgan fingerprint density at radius 1 is 1.10 bits per heavy atom. The van der Waals surface area contributed by atoms with Crippen LogP contribution in [0.3, 0.4) is 0 Å². The van der Waals surface area contributed by atoms with Gasteiger partial charge in [0.2, 0.25) is 0 Å². The van der Waals surface area contributed by atoms with E-state index in [0.29, 0.717) is 23.0 Å². The summed E-state index contributed by atoms with van der Waals surface area (Å²) >= 11 is 0. The van der Waals surface area contributed by atoms with Gasteiger partial charge in [0.25, 0.3) is 0 Å². The monoisotopic (exact) mass is 293 g/mol. The van der Waals surface area contributed by atoms with Crippen molar-refractivity contribution in [2.75, 3.05) is 0 Å². The second-order valence-corrected chi connectivity index (χ2v) is 8.91. The zero-order valence-electron chi connectivity index (χ0n) is 14.5. The SMILES string of the molecule is CCCC1CCC(N)C(OC2CC3CCC2(C)C3(C)C)C1. The molecule has 0 aromatic carbocycles. The molecule has 3 fully saturated rings. The fraction of sp³-hybridized carbons (Fsp3) is 1.00. The minimum atomic E-state index is 0.268. The Morgan fingerprint density at radius 2 is 1.86 bits per heavy atom. The number of fused-ring (bicyclic) bond motifs is 2. The molecule has 21 heavy (non-hydrogen) atoms. The summed E-state index contributed by atoms with van der Waals surface area (Å²) in [5, 5.41) is 0. The molecule has 3 rings (SSSR count). The molecular formula is C19H35NO. The van der Waals surface area contributed by atoms with Crippen molar-refractivity contribution in [3.8, 4) is 0 Å². The highest BCUT2D eigenvalue weighted by molar-refractivity contribution is 5.11. The van der Waals surface area contributed by atoms with Gasteiger partial charge in [0.1, 0.15) is 0 Å². The van der Waals surface area contributed by atoms with Crippen molar-refractivity contribution in [1.82, 2.24) is 0 Å². The number of nitrogens with two attached hydrogens (primary N) is 1. The Hall–Kier alpha value is -0.0800. The van der Waals surface area contributed by atoms with Crippen LogP contribution in [0.25, 0.3) is 0 Å². The second kappa shape index (κ2) is 5.53. The van der Waals surface area contributed by atoms with Crippen LogP contribution in [0.2, 0.25) is 0 Å². The molecule has 0 aromatic rings. The molecule has 6 atom stereocenters. The molecule has 0 saturated heterocycles. The molecule has 2 nitrogen and oxygen atoms in total. The molecule has 0 aliphatic heterocycles. The van der Waals surface area contributed by atoms with Gasteiger partial charge >= 0.3 is 0 Å². The summed E-state index contributed by atoms with van der Waals surface area (Å²) in [4.78, 5) is 0. The predicted molar refractivity (Wildman–Crippen MR) is 88.1 cm³/mol. The summed E-state index contributed by atoms with van der Waals surface area (Å²) in [5.74, 6) is 1.71. The van der Waals surface area contributed by atoms with Crippen molar-refractivity contribution in [1.29, 1.82) is 0 Å². The van der Waals surface area contributed by atoms with E-state index < -0.39 is 0 Å². The average Bonchev–Trinajstić information content (AvgIpc) is 2.76. The highest BCUT2D eigenvalue weighted by Crippen LogP contribution is 2.66. The molecule has 6 unspecified atom stereocenters. The van der Waals surface area contributed by atoms with Gasteiger partial charge in [-0.25, -0.2) is 0 Å². The van der Waals surface area contributed by atoms with E-state index in [1.807, 2.05) is 0 Å². The zero-order valence-corrected chi connectivity index (χ0v) is 14.5. The van der Waals surface area contributed by atoms with Crippen molar-refractivity contribution in [3.05, 3.63) is 0 Å². The Bertz CT molecular complexity index is 380. The fourth-order valence-electron chi connectivity index (χ4n) is 5.61.